The average Bonchev–Trinajstić information content (AvgIpc) is 2.98. The van der Waals surface area contributed by atoms with Gasteiger partial charge in [-0.25, -0.2) is 0 Å². The summed E-state index contributed by atoms with van der Waals surface area (Å²) >= 11 is 9.21. The Kier molecular flexibility index (Phi) is 9.08. The summed E-state index contributed by atoms with van der Waals surface area (Å²) < 4.78 is 0.874. The number of hydrogen-bond donors (Lipinski definition) is 1. The number of amides is 1. The summed E-state index contributed by atoms with van der Waals surface area (Å²) in [6, 6.07) is 23.8. The number of nitrogens with zero attached hydrogens (tertiary/aromatic N) is 2. The molecule has 0 fully saturated rings. The van der Waals surface area contributed by atoms with Crippen molar-refractivity contribution in [2.75, 3.05) is 11.4 Å². The lowest BCUT2D eigenvalue weighted by Crippen LogP contribution is -2.38. The Bertz CT molecular complexity index is 1210. The highest BCUT2D eigenvalue weighted by molar-refractivity contribution is 9.10. The van der Waals surface area contributed by atoms with Crippen molar-refractivity contribution in [3.05, 3.63) is 105 Å². The summed E-state index contributed by atoms with van der Waals surface area (Å²) in [6.45, 7) is 6.30. The zero-order valence-corrected chi connectivity index (χ0v) is 22.0. The highest BCUT2D eigenvalue weighted by Crippen LogP contribution is 2.28. The van der Waals surface area contributed by atoms with Crippen LogP contribution in [0.1, 0.15) is 43.9 Å². The van der Waals surface area contributed by atoms with E-state index in [0.29, 0.717) is 5.02 Å². The van der Waals surface area contributed by atoms with Crippen molar-refractivity contribution in [3.8, 4) is 0 Å². The number of benzodiazepines with no additional fused rings is 1. The number of rotatable bonds is 4. The zero-order chi connectivity index (χ0) is 24.7. The number of nitrogens with two attached hydrogens (primary N) is 1. The van der Waals surface area contributed by atoms with Gasteiger partial charge in [0.25, 0.3) is 0 Å². The first-order valence-corrected chi connectivity index (χ1v) is 12.4. The van der Waals surface area contributed by atoms with Crippen molar-refractivity contribution in [1.82, 2.24) is 0 Å². The minimum atomic E-state index is 0.0448. The molecule has 6 heteroatoms. The molecular weight excluding hydrogens is 510 g/mol. The molecule has 34 heavy (non-hydrogen) atoms. The number of carbonyl (C=O) groups is 1. The van der Waals surface area contributed by atoms with Gasteiger partial charge in [-0.3, -0.25) is 9.79 Å². The number of carbonyl (C=O) groups excluding carboxylic acids is 1. The molecule has 0 saturated carbocycles. The van der Waals surface area contributed by atoms with Gasteiger partial charge >= 0.3 is 0 Å². The molecule has 0 spiro atoms. The molecule has 4 rings (SSSR count). The third-order valence-corrected chi connectivity index (χ3v) is 6.51. The van der Waals surface area contributed by atoms with Crippen LogP contribution in [0, 0.1) is 0 Å². The van der Waals surface area contributed by atoms with Gasteiger partial charge in [0.05, 0.1) is 16.4 Å². The van der Waals surface area contributed by atoms with Gasteiger partial charge in [-0.1, -0.05) is 79.2 Å². The second-order valence-corrected chi connectivity index (χ2v) is 9.36. The van der Waals surface area contributed by atoms with Crippen LogP contribution >= 0.6 is 27.5 Å². The Labute approximate surface area is 215 Å². The number of hydrogen-bond acceptors (Lipinski definition) is 3. The van der Waals surface area contributed by atoms with Gasteiger partial charge in [0, 0.05) is 27.3 Å². The zero-order valence-electron chi connectivity index (χ0n) is 19.6. The molecule has 3 aromatic rings. The molecule has 0 atom stereocenters. The molecule has 0 aromatic heterocycles. The van der Waals surface area contributed by atoms with Gasteiger partial charge < -0.3 is 10.6 Å². The van der Waals surface area contributed by atoms with Gasteiger partial charge in [-0.2, -0.15) is 0 Å². The summed E-state index contributed by atoms with van der Waals surface area (Å²) in [5, 5.41) is 0.702. The SMILES string of the molecule is CC(C)N1C(=O)CN=C(c2ccccc2)c2ccccc21.CC/C=C(\N)c1ccc(Cl)c(Br)c1. The monoisotopic (exact) mass is 537 g/mol. The molecule has 0 aliphatic carbocycles. The molecule has 0 radical (unpaired) electrons. The fourth-order valence-corrected chi connectivity index (χ4v) is 4.25. The minimum Gasteiger partial charge on any atom is -0.399 e. The van der Waals surface area contributed by atoms with Crippen LogP contribution in [0.4, 0.5) is 5.69 Å². The van der Waals surface area contributed by atoms with Crippen molar-refractivity contribution >= 4 is 50.5 Å². The van der Waals surface area contributed by atoms with E-state index in [9.17, 15) is 4.79 Å². The van der Waals surface area contributed by atoms with E-state index >= 15 is 0 Å². The predicted molar refractivity (Wildman–Crippen MR) is 148 cm³/mol. The van der Waals surface area contributed by atoms with Crippen LogP contribution in [0.3, 0.4) is 0 Å². The molecule has 4 nitrogen and oxygen atoms in total. The molecular formula is C28H29BrClN3O. The fraction of sp³-hybridized carbons (Fsp3) is 0.214. The van der Waals surface area contributed by atoms with Gasteiger partial charge in [-0.05, 0) is 60.0 Å². The van der Waals surface area contributed by atoms with E-state index in [-0.39, 0.29) is 18.5 Å². The summed E-state index contributed by atoms with van der Waals surface area (Å²) in [7, 11) is 0. The average molecular weight is 539 g/mol. The van der Waals surface area contributed by atoms with Crippen LogP contribution in [0.15, 0.2) is 88.3 Å². The van der Waals surface area contributed by atoms with Crippen molar-refractivity contribution in [2.24, 2.45) is 10.7 Å². The smallest absolute Gasteiger partial charge is 0.248 e. The Morgan fingerprint density at radius 1 is 1.12 bits per heavy atom. The number of aliphatic imine (C=N–C) groups is 1. The lowest BCUT2D eigenvalue weighted by atomic mass is 10.00. The first-order valence-electron chi connectivity index (χ1n) is 11.3. The van der Waals surface area contributed by atoms with E-state index in [1.807, 2.05) is 97.6 Å². The Morgan fingerprint density at radius 3 is 2.44 bits per heavy atom. The van der Waals surface area contributed by atoms with E-state index in [0.717, 1.165) is 44.7 Å². The molecule has 1 aliphatic heterocycles. The van der Waals surface area contributed by atoms with Crippen LogP contribution in [0.5, 0.6) is 0 Å². The molecule has 1 aliphatic rings. The van der Waals surface area contributed by atoms with Crippen molar-refractivity contribution in [3.63, 3.8) is 0 Å². The van der Waals surface area contributed by atoms with Gasteiger partial charge in [-0.15, -0.1) is 0 Å². The normalized spacial score (nSPS) is 13.6. The van der Waals surface area contributed by atoms with E-state index in [4.69, 9.17) is 17.3 Å². The quantitative estimate of drug-likeness (QED) is 0.385. The first-order chi connectivity index (χ1) is 16.3. The maximum Gasteiger partial charge on any atom is 0.248 e. The topological polar surface area (TPSA) is 58.7 Å². The summed E-state index contributed by atoms with van der Waals surface area (Å²) in [6.07, 6.45) is 2.92. The number of halogens is 2. The standard InChI is InChI=1S/C18H18N2O.C10H11BrClN/c1-13(2)20-16-11-7-6-10-15(16)18(19-12-17(20)21)14-8-4-3-5-9-14;1-2-3-10(13)7-4-5-9(12)8(11)6-7/h3-11,13H,12H2,1-2H3;3-6H,2,13H2,1H3/b;10-3-. The van der Waals surface area contributed by atoms with Gasteiger partial charge in [0.2, 0.25) is 5.91 Å². The second kappa shape index (κ2) is 12.0. The van der Waals surface area contributed by atoms with Crippen LogP contribution < -0.4 is 10.6 Å². The molecule has 1 amide bonds. The number of para-hydroxylation sites is 1. The molecule has 3 aromatic carbocycles. The van der Waals surface area contributed by atoms with Crippen LogP contribution in [0.2, 0.25) is 5.02 Å². The lowest BCUT2D eigenvalue weighted by Gasteiger charge is -2.26. The molecule has 0 saturated heterocycles. The van der Waals surface area contributed by atoms with E-state index < -0.39 is 0 Å². The molecule has 176 valence electrons. The fourth-order valence-electron chi connectivity index (χ4n) is 3.75. The van der Waals surface area contributed by atoms with Crippen LogP contribution in [-0.2, 0) is 4.79 Å². The highest BCUT2D eigenvalue weighted by Gasteiger charge is 2.26. The molecule has 1 heterocycles. The summed E-state index contributed by atoms with van der Waals surface area (Å²) in [5.74, 6) is 0.0448. The second-order valence-electron chi connectivity index (χ2n) is 8.10. The summed E-state index contributed by atoms with van der Waals surface area (Å²) in [5.41, 5.74) is 11.5. The van der Waals surface area contributed by atoms with Gasteiger partial charge in [0.15, 0.2) is 0 Å². The van der Waals surface area contributed by atoms with Crippen molar-refractivity contribution in [2.45, 2.75) is 33.2 Å². The molecule has 0 unspecified atom stereocenters. The van der Waals surface area contributed by atoms with Crippen LogP contribution in [-0.4, -0.2) is 24.2 Å². The Morgan fingerprint density at radius 2 is 1.79 bits per heavy atom. The lowest BCUT2D eigenvalue weighted by molar-refractivity contribution is -0.117. The number of allylic oxidation sites excluding steroid dienone is 1. The Hall–Kier alpha value is -2.89. The highest BCUT2D eigenvalue weighted by atomic mass is 79.9. The molecule has 0 bridgehead atoms. The van der Waals surface area contributed by atoms with E-state index in [2.05, 4.69) is 27.8 Å². The van der Waals surface area contributed by atoms with E-state index in [1.165, 1.54) is 0 Å². The minimum absolute atomic E-state index is 0.0448. The van der Waals surface area contributed by atoms with Crippen molar-refractivity contribution in [1.29, 1.82) is 0 Å². The first kappa shape index (κ1) is 25.7. The molecule has 2 N–H and O–H groups in total. The number of fused-ring (bicyclic) bond motifs is 1. The van der Waals surface area contributed by atoms with Crippen molar-refractivity contribution < 1.29 is 4.79 Å². The number of benzene rings is 3. The van der Waals surface area contributed by atoms with E-state index in [1.54, 1.807) is 0 Å². The maximum absolute atomic E-state index is 12.4. The predicted octanol–water partition coefficient (Wildman–Crippen LogP) is 7.09. The number of anilines is 1. The third-order valence-electron chi connectivity index (χ3n) is 5.30. The third kappa shape index (κ3) is 6.16. The van der Waals surface area contributed by atoms with Crippen LogP contribution in [0.25, 0.3) is 5.70 Å². The summed E-state index contributed by atoms with van der Waals surface area (Å²) in [4.78, 5) is 18.8. The van der Waals surface area contributed by atoms with Gasteiger partial charge in [0.1, 0.15) is 6.54 Å². The Balaban J connectivity index is 0.000000215. The maximum atomic E-state index is 12.4. The largest absolute Gasteiger partial charge is 0.399 e.